The van der Waals surface area contributed by atoms with E-state index >= 15 is 0 Å². The summed E-state index contributed by atoms with van der Waals surface area (Å²) in [6.45, 7) is 9.71. The third kappa shape index (κ3) is 4.27. The van der Waals surface area contributed by atoms with E-state index in [1.54, 1.807) is 0 Å². The lowest BCUT2D eigenvalue weighted by molar-refractivity contribution is 0.269. The van der Waals surface area contributed by atoms with Crippen LogP contribution in [0.5, 0.6) is 0 Å². The summed E-state index contributed by atoms with van der Waals surface area (Å²) < 4.78 is 0. The second kappa shape index (κ2) is 6.05. The molecule has 1 saturated heterocycles. The molecule has 0 amide bonds. The number of hydrogen-bond donors (Lipinski definition) is 1. The molecular weight excluding hydrogens is 244 g/mol. The van der Waals surface area contributed by atoms with Gasteiger partial charge in [0.05, 0.1) is 0 Å². The van der Waals surface area contributed by atoms with Gasteiger partial charge in [-0.1, -0.05) is 29.8 Å². The average molecular weight is 269 g/mol. The highest BCUT2D eigenvalue weighted by atomic mass is 35.5. The molecule has 18 heavy (non-hydrogen) atoms. The Hall–Kier alpha value is -0.570. The van der Waals surface area contributed by atoms with Crippen LogP contribution < -0.4 is 5.73 Å². The summed E-state index contributed by atoms with van der Waals surface area (Å²) in [5.74, 6) is 0.692. The van der Waals surface area contributed by atoms with Crippen molar-refractivity contribution in [3.8, 4) is 0 Å². The first-order valence-corrected chi connectivity index (χ1v) is 6.52. The summed E-state index contributed by atoms with van der Waals surface area (Å²) >= 11 is 0. The molecule has 0 spiro atoms. The van der Waals surface area contributed by atoms with Crippen molar-refractivity contribution in [1.82, 2.24) is 4.90 Å². The molecule has 2 N–H and O–H groups in total. The first kappa shape index (κ1) is 15.5. The summed E-state index contributed by atoms with van der Waals surface area (Å²) in [5, 5.41) is 0. The van der Waals surface area contributed by atoms with Gasteiger partial charge in [0.2, 0.25) is 0 Å². The zero-order valence-corrected chi connectivity index (χ0v) is 12.5. The molecule has 1 aliphatic heterocycles. The third-order valence-electron chi connectivity index (χ3n) is 3.42. The number of nitrogens with two attached hydrogens (primary N) is 1. The van der Waals surface area contributed by atoms with E-state index in [1.165, 1.54) is 24.1 Å². The Balaban J connectivity index is 0.00000162. The fourth-order valence-corrected chi connectivity index (χ4v) is 2.75. The molecule has 102 valence electrons. The minimum Gasteiger partial charge on any atom is -0.324 e. The summed E-state index contributed by atoms with van der Waals surface area (Å²) in [4.78, 5) is 2.49. The zero-order valence-electron chi connectivity index (χ0n) is 11.6. The first-order valence-electron chi connectivity index (χ1n) is 6.52. The maximum absolute atomic E-state index is 6.08. The summed E-state index contributed by atoms with van der Waals surface area (Å²) in [5.41, 5.74) is 8.85. The molecule has 2 nitrogen and oxygen atoms in total. The zero-order chi connectivity index (χ0) is 12.5. The Morgan fingerprint density at radius 3 is 2.72 bits per heavy atom. The normalized spacial score (nSPS) is 20.8. The van der Waals surface area contributed by atoms with E-state index < -0.39 is 0 Å². The minimum atomic E-state index is -0.0819. The molecule has 3 heteroatoms. The first-order chi connectivity index (χ1) is 7.94. The van der Waals surface area contributed by atoms with Crippen molar-refractivity contribution in [2.24, 2.45) is 5.73 Å². The molecule has 0 aromatic heterocycles. The van der Waals surface area contributed by atoms with Crippen molar-refractivity contribution in [2.75, 3.05) is 19.6 Å². The van der Waals surface area contributed by atoms with Gasteiger partial charge in [0.15, 0.2) is 0 Å². The number of rotatable bonds is 3. The largest absolute Gasteiger partial charge is 0.324 e. The van der Waals surface area contributed by atoms with Gasteiger partial charge >= 0.3 is 0 Å². The van der Waals surface area contributed by atoms with Crippen LogP contribution in [-0.4, -0.2) is 30.1 Å². The highest BCUT2D eigenvalue weighted by Crippen LogP contribution is 2.28. The topological polar surface area (TPSA) is 29.3 Å². The van der Waals surface area contributed by atoms with Gasteiger partial charge in [-0.2, -0.15) is 0 Å². The molecule has 1 aromatic carbocycles. The quantitative estimate of drug-likeness (QED) is 0.913. The van der Waals surface area contributed by atoms with Gasteiger partial charge < -0.3 is 10.6 Å². The van der Waals surface area contributed by atoms with Crippen LogP contribution in [0.2, 0.25) is 0 Å². The monoisotopic (exact) mass is 268 g/mol. The molecule has 0 radical (unpaired) electrons. The Bertz CT molecular complexity index is 384. The maximum atomic E-state index is 6.08. The van der Waals surface area contributed by atoms with Gasteiger partial charge in [-0.05, 0) is 45.2 Å². The van der Waals surface area contributed by atoms with Crippen LogP contribution in [0.3, 0.4) is 0 Å². The van der Waals surface area contributed by atoms with Crippen LogP contribution in [0.25, 0.3) is 0 Å². The van der Waals surface area contributed by atoms with Crippen LogP contribution in [0, 0.1) is 6.92 Å². The standard InChI is InChI=1S/C15H24N2.ClH/c1-12-5-4-6-13(9-12)14-7-8-17(10-14)11-15(2,3)16;/h4-6,9,14H,7-8,10-11,16H2,1-3H3;1H. The van der Waals surface area contributed by atoms with Crippen molar-refractivity contribution in [3.63, 3.8) is 0 Å². The van der Waals surface area contributed by atoms with Crippen LogP contribution in [0.1, 0.15) is 37.3 Å². The van der Waals surface area contributed by atoms with Gasteiger partial charge in [-0.3, -0.25) is 0 Å². The predicted octanol–water partition coefficient (Wildman–Crippen LogP) is 2.94. The summed E-state index contributed by atoms with van der Waals surface area (Å²) in [6.07, 6.45) is 1.26. The lowest BCUT2D eigenvalue weighted by atomic mass is 9.97. The van der Waals surface area contributed by atoms with Crippen molar-refractivity contribution >= 4 is 12.4 Å². The molecule has 1 fully saturated rings. The fourth-order valence-electron chi connectivity index (χ4n) is 2.75. The van der Waals surface area contributed by atoms with Gasteiger partial charge in [-0.25, -0.2) is 0 Å². The molecule has 1 atom stereocenters. The van der Waals surface area contributed by atoms with E-state index in [4.69, 9.17) is 5.73 Å². The molecule has 2 rings (SSSR count). The maximum Gasteiger partial charge on any atom is 0.0226 e. The molecule has 0 saturated carbocycles. The Morgan fingerprint density at radius 2 is 2.11 bits per heavy atom. The lowest BCUT2D eigenvalue weighted by Crippen LogP contribution is -2.44. The van der Waals surface area contributed by atoms with Crippen molar-refractivity contribution in [2.45, 2.75) is 38.6 Å². The van der Waals surface area contributed by atoms with E-state index in [0.29, 0.717) is 5.92 Å². The number of halogens is 1. The van der Waals surface area contributed by atoms with Gasteiger partial charge in [0.25, 0.3) is 0 Å². The van der Waals surface area contributed by atoms with Crippen molar-refractivity contribution in [3.05, 3.63) is 35.4 Å². The van der Waals surface area contributed by atoms with Gasteiger partial charge in [0.1, 0.15) is 0 Å². The second-order valence-electron chi connectivity index (χ2n) is 6.12. The SMILES string of the molecule is Cc1cccc(C2CCN(CC(C)(C)N)C2)c1.Cl. The number of hydrogen-bond acceptors (Lipinski definition) is 2. The molecule has 1 aliphatic rings. The summed E-state index contributed by atoms with van der Waals surface area (Å²) in [6, 6.07) is 8.91. The van der Waals surface area contributed by atoms with E-state index in [0.717, 1.165) is 13.1 Å². The van der Waals surface area contributed by atoms with E-state index in [9.17, 15) is 0 Å². The highest BCUT2D eigenvalue weighted by molar-refractivity contribution is 5.85. The van der Waals surface area contributed by atoms with E-state index in [2.05, 4.69) is 49.9 Å². The molecular formula is C15H25ClN2. The molecule has 1 aromatic rings. The highest BCUT2D eigenvalue weighted by Gasteiger charge is 2.26. The number of nitrogens with zero attached hydrogens (tertiary/aromatic N) is 1. The van der Waals surface area contributed by atoms with E-state index in [-0.39, 0.29) is 17.9 Å². The third-order valence-corrected chi connectivity index (χ3v) is 3.42. The smallest absolute Gasteiger partial charge is 0.0226 e. The molecule has 0 aliphatic carbocycles. The van der Waals surface area contributed by atoms with Crippen LogP contribution >= 0.6 is 12.4 Å². The predicted molar refractivity (Wildman–Crippen MR) is 80.5 cm³/mol. The Morgan fingerprint density at radius 1 is 1.39 bits per heavy atom. The number of aryl methyl sites for hydroxylation is 1. The van der Waals surface area contributed by atoms with Crippen molar-refractivity contribution < 1.29 is 0 Å². The molecule has 1 unspecified atom stereocenters. The fraction of sp³-hybridized carbons (Fsp3) is 0.600. The molecule has 1 heterocycles. The second-order valence-corrected chi connectivity index (χ2v) is 6.12. The lowest BCUT2D eigenvalue weighted by Gasteiger charge is -2.26. The minimum absolute atomic E-state index is 0. The van der Waals surface area contributed by atoms with Crippen molar-refractivity contribution in [1.29, 1.82) is 0 Å². The van der Waals surface area contributed by atoms with Crippen LogP contribution in [0.4, 0.5) is 0 Å². The van der Waals surface area contributed by atoms with Gasteiger partial charge in [-0.15, -0.1) is 12.4 Å². The Kier molecular flexibility index (Phi) is 5.20. The number of benzene rings is 1. The average Bonchev–Trinajstić information content (AvgIpc) is 2.63. The summed E-state index contributed by atoms with van der Waals surface area (Å²) in [7, 11) is 0. The van der Waals surface area contributed by atoms with Crippen LogP contribution in [0.15, 0.2) is 24.3 Å². The van der Waals surface area contributed by atoms with Gasteiger partial charge in [0, 0.05) is 18.6 Å². The van der Waals surface area contributed by atoms with E-state index in [1.807, 2.05) is 0 Å². The molecule has 0 bridgehead atoms. The Labute approximate surface area is 117 Å². The van der Waals surface area contributed by atoms with Crippen LogP contribution in [-0.2, 0) is 0 Å². The number of likely N-dealkylation sites (tertiary alicyclic amines) is 1.